The van der Waals surface area contributed by atoms with Crippen molar-refractivity contribution >= 4 is 50.8 Å². The van der Waals surface area contributed by atoms with Gasteiger partial charge in [-0.25, -0.2) is 4.39 Å². The SMILES string of the molecule is NC(=O)c1c(Nc2ccc(I)cc2F)c2cnccc2n1CCO. The smallest absolute Gasteiger partial charge is 0.267 e. The van der Waals surface area contributed by atoms with Crippen LogP contribution in [0.3, 0.4) is 0 Å². The van der Waals surface area contributed by atoms with Crippen LogP contribution in [0.15, 0.2) is 36.7 Å². The van der Waals surface area contributed by atoms with Crippen LogP contribution in [0.25, 0.3) is 10.9 Å². The number of rotatable bonds is 5. The van der Waals surface area contributed by atoms with Crippen LogP contribution >= 0.6 is 22.6 Å². The van der Waals surface area contributed by atoms with Gasteiger partial charge in [-0.05, 0) is 46.9 Å². The Morgan fingerprint density at radius 3 is 2.88 bits per heavy atom. The molecule has 0 unspecified atom stereocenters. The number of nitrogens with two attached hydrogens (primary N) is 1. The molecule has 8 heteroatoms. The van der Waals surface area contributed by atoms with Gasteiger partial charge < -0.3 is 20.7 Å². The lowest BCUT2D eigenvalue weighted by Crippen LogP contribution is -2.19. The number of aliphatic hydroxyl groups excluding tert-OH is 1. The lowest BCUT2D eigenvalue weighted by Gasteiger charge is -2.10. The number of amides is 1. The number of hydrogen-bond donors (Lipinski definition) is 3. The molecule has 0 aliphatic rings. The lowest BCUT2D eigenvalue weighted by atomic mass is 10.2. The van der Waals surface area contributed by atoms with E-state index in [0.717, 1.165) is 3.57 Å². The quantitative estimate of drug-likeness (QED) is 0.532. The van der Waals surface area contributed by atoms with E-state index in [9.17, 15) is 14.3 Å². The molecule has 6 nitrogen and oxygen atoms in total. The van der Waals surface area contributed by atoms with Gasteiger partial charge in [0.2, 0.25) is 0 Å². The van der Waals surface area contributed by atoms with Gasteiger partial charge in [-0.15, -0.1) is 0 Å². The number of hydrogen-bond acceptors (Lipinski definition) is 4. The molecule has 1 aromatic carbocycles. The first-order valence-electron chi connectivity index (χ1n) is 7.12. The van der Waals surface area contributed by atoms with Crippen LogP contribution in [-0.2, 0) is 6.54 Å². The Morgan fingerprint density at radius 2 is 2.21 bits per heavy atom. The second kappa shape index (κ2) is 6.73. The maximum absolute atomic E-state index is 14.2. The first-order chi connectivity index (χ1) is 11.5. The molecular formula is C16H14FIN4O2. The zero-order valence-electron chi connectivity index (χ0n) is 12.5. The molecule has 0 aliphatic heterocycles. The molecule has 24 heavy (non-hydrogen) atoms. The molecule has 3 aromatic rings. The van der Waals surface area contributed by atoms with Crippen molar-refractivity contribution in [2.75, 3.05) is 11.9 Å². The fraction of sp³-hybridized carbons (Fsp3) is 0.125. The predicted molar refractivity (Wildman–Crippen MR) is 97.7 cm³/mol. The van der Waals surface area contributed by atoms with Crippen LogP contribution in [0.1, 0.15) is 10.5 Å². The number of carbonyl (C=O) groups is 1. The number of anilines is 2. The Morgan fingerprint density at radius 1 is 1.42 bits per heavy atom. The Bertz CT molecular complexity index is 926. The standard InChI is InChI=1S/C16H14FIN4O2/c17-11-7-9(18)1-2-12(11)21-14-10-8-20-4-3-13(10)22(5-6-23)15(14)16(19)24/h1-4,7-8,21,23H,5-6H2,(H2,19,24). The second-order valence-corrected chi connectivity index (χ2v) is 6.35. The molecule has 2 heterocycles. The van der Waals surface area contributed by atoms with Crippen molar-refractivity contribution in [3.05, 3.63) is 51.7 Å². The Labute approximate surface area is 150 Å². The van der Waals surface area contributed by atoms with E-state index in [-0.39, 0.29) is 24.5 Å². The van der Waals surface area contributed by atoms with Crippen LogP contribution in [0, 0.1) is 9.39 Å². The van der Waals surface area contributed by atoms with E-state index in [1.165, 1.54) is 6.07 Å². The highest BCUT2D eigenvalue weighted by molar-refractivity contribution is 14.1. The minimum Gasteiger partial charge on any atom is -0.395 e. The zero-order valence-corrected chi connectivity index (χ0v) is 14.6. The lowest BCUT2D eigenvalue weighted by molar-refractivity contribution is 0.0991. The maximum Gasteiger partial charge on any atom is 0.267 e. The van der Waals surface area contributed by atoms with Crippen molar-refractivity contribution in [1.29, 1.82) is 0 Å². The van der Waals surface area contributed by atoms with Crippen molar-refractivity contribution in [2.45, 2.75) is 6.54 Å². The zero-order chi connectivity index (χ0) is 17.3. The van der Waals surface area contributed by atoms with Crippen LogP contribution < -0.4 is 11.1 Å². The van der Waals surface area contributed by atoms with E-state index in [1.807, 2.05) is 22.6 Å². The van der Waals surface area contributed by atoms with E-state index in [4.69, 9.17) is 5.73 Å². The Hall–Kier alpha value is -2.20. The van der Waals surface area contributed by atoms with Gasteiger partial charge in [0.05, 0.1) is 23.5 Å². The Kier molecular flexibility index (Phi) is 4.67. The molecule has 1 amide bonds. The number of benzene rings is 1. The van der Waals surface area contributed by atoms with Crippen molar-refractivity contribution in [1.82, 2.24) is 9.55 Å². The summed E-state index contributed by atoms with van der Waals surface area (Å²) < 4.78 is 16.5. The summed E-state index contributed by atoms with van der Waals surface area (Å²) in [5.41, 5.74) is 6.98. The van der Waals surface area contributed by atoms with Gasteiger partial charge in [-0.3, -0.25) is 9.78 Å². The third-order valence-electron chi connectivity index (χ3n) is 3.61. The molecule has 0 aliphatic carbocycles. The molecule has 0 atom stereocenters. The van der Waals surface area contributed by atoms with Gasteiger partial charge in [0.25, 0.3) is 5.91 Å². The summed E-state index contributed by atoms with van der Waals surface area (Å²) in [4.78, 5) is 16.0. The number of fused-ring (bicyclic) bond motifs is 1. The van der Waals surface area contributed by atoms with E-state index >= 15 is 0 Å². The Balaban J connectivity index is 2.22. The summed E-state index contributed by atoms with van der Waals surface area (Å²) in [7, 11) is 0. The molecule has 0 bridgehead atoms. The normalized spacial score (nSPS) is 11.0. The molecule has 124 valence electrons. The fourth-order valence-corrected chi connectivity index (χ4v) is 3.09. The van der Waals surface area contributed by atoms with Crippen LogP contribution in [0.5, 0.6) is 0 Å². The van der Waals surface area contributed by atoms with E-state index in [1.54, 1.807) is 35.2 Å². The molecule has 3 rings (SSSR count). The van der Waals surface area contributed by atoms with Gasteiger partial charge in [-0.2, -0.15) is 0 Å². The number of aromatic nitrogens is 2. The number of pyridine rings is 1. The van der Waals surface area contributed by atoms with Gasteiger partial charge >= 0.3 is 0 Å². The van der Waals surface area contributed by atoms with E-state index in [2.05, 4.69) is 10.3 Å². The maximum atomic E-state index is 14.2. The summed E-state index contributed by atoms with van der Waals surface area (Å²) in [5, 5.41) is 12.9. The highest BCUT2D eigenvalue weighted by atomic mass is 127. The predicted octanol–water partition coefficient (Wildman–Crippen LogP) is 2.61. The minimum absolute atomic E-state index is 0.163. The number of primary amides is 1. The highest BCUT2D eigenvalue weighted by Crippen LogP contribution is 2.33. The largest absolute Gasteiger partial charge is 0.395 e. The van der Waals surface area contributed by atoms with Gasteiger partial charge in [-0.1, -0.05) is 0 Å². The van der Waals surface area contributed by atoms with Gasteiger partial charge in [0.15, 0.2) is 0 Å². The summed E-state index contributed by atoms with van der Waals surface area (Å²) in [6.45, 7) is 0.0271. The number of nitrogens with zero attached hydrogens (tertiary/aromatic N) is 2. The average Bonchev–Trinajstić information content (AvgIpc) is 2.85. The highest BCUT2D eigenvalue weighted by Gasteiger charge is 2.22. The van der Waals surface area contributed by atoms with Gasteiger partial charge in [0, 0.05) is 27.9 Å². The van der Waals surface area contributed by atoms with E-state index in [0.29, 0.717) is 16.6 Å². The van der Waals surface area contributed by atoms with Gasteiger partial charge in [0.1, 0.15) is 11.5 Å². The number of halogens is 2. The monoisotopic (exact) mass is 440 g/mol. The fourth-order valence-electron chi connectivity index (χ4n) is 2.64. The average molecular weight is 440 g/mol. The van der Waals surface area contributed by atoms with E-state index < -0.39 is 11.7 Å². The van der Waals surface area contributed by atoms with Crippen LogP contribution in [0.4, 0.5) is 15.8 Å². The summed E-state index contributed by atoms with van der Waals surface area (Å²) in [6, 6.07) is 6.44. The molecule has 0 fully saturated rings. The van der Waals surface area contributed by atoms with Crippen LogP contribution in [0.2, 0.25) is 0 Å². The summed E-state index contributed by atoms with van der Waals surface area (Å²) in [5.74, 6) is -1.11. The van der Waals surface area contributed by atoms with Crippen LogP contribution in [-0.4, -0.2) is 27.2 Å². The molecule has 0 radical (unpaired) electrons. The first-order valence-corrected chi connectivity index (χ1v) is 8.19. The summed E-state index contributed by atoms with van der Waals surface area (Å²) in [6.07, 6.45) is 3.15. The molecule has 4 N–H and O–H groups in total. The molecule has 0 spiro atoms. The third kappa shape index (κ3) is 2.94. The number of nitrogens with one attached hydrogen (secondary N) is 1. The van der Waals surface area contributed by atoms with Crippen molar-refractivity contribution in [3.63, 3.8) is 0 Å². The first kappa shape index (κ1) is 16.7. The number of aliphatic hydroxyl groups is 1. The molecule has 2 aromatic heterocycles. The number of carbonyl (C=O) groups excluding carboxylic acids is 1. The van der Waals surface area contributed by atoms with Crippen molar-refractivity contribution in [3.8, 4) is 0 Å². The van der Waals surface area contributed by atoms with Crippen molar-refractivity contribution < 1.29 is 14.3 Å². The molecule has 0 saturated carbocycles. The second-order valence-electron chi connectivity index (χ2n) is 5.11. The topological polar surface area (TPSA) is 93.2 Å². The van der Waals surface area contributed by atoms with Crippen molar-refractivity contribution in [2.24, 2.45) is 5.73 Å². The molecular weight excluding hydrogens is 426 g/mol. The summed E-state index contributed by atoms with van der Waals surface area (Å²) >= 11 is 2.02. The molecule has 0 saturated heterocycles. The minimum atomic E-state index is -0.673. The third-order valence-corrected chi connectivity index (χ3v) is 4.28.